The fraction of sp³-hybridized carbons (Fsp3) is 0.727. The number of thiol groups is 3. The third-order valence-corrected chi connectivity index (χ3v) is 12.4. The van der Waals surface area contributed by atoms with E-state index < -0.39 is 119 Å². The molecule has 0 aromatic rings. The number of nitrogens with two attached hydrogens (primary N) is 7. The molecule has 0 heterocycles. The van der Waals surface area contributed by atoms with E-state index in [1.807, 2.05) is 0 Å². The number of aliphatic carboxylic acids is 1. The predicted molar refractivity (Wildman–Crippen MR) is 296 cm³/mol. The third kappa shape index (κ3) is 28.0. The standard InChI is InChI=1S/C44H84N18O10S3/c1-7-23(6)32(62-38(68)29(19-74)58-33(63)24(45)11-8-14-52-42(46)47)40(70)59-28(18-73)37(67)56-25(12-9-15-53-43(48)49)34(64)57-27(17-21(2)3)36(66)55-26(13-10-16-54-44(50)51)35(65)61-31(22(4)5)39(69)60-30(20-75)41(71)72/h21-32,73-75H,7-20,45H2,1-6H3,(H,55,66)(H,56,67)(H,57,64)(H,58,63)(H,59,70)(H,60,69)(H,61,65)(H,62,68)(H,71,72)(H4,46,47,52)(H4,48,49,53)(H4,50,51,54)/t23-,24-,25-,26-,27-,28-,29-,30-,31-,32-/m0/s1. The number of guanidine groups is 3. The van der Waals surface area contributed by atoms with E-state index in [2.05, 4.69) is 95.4 Å². The van der Waals surface area contributed by atoms with E-state index in [4.69, 9.17) is 40.1 Å². The minimum atomic E-state index is -1.38. The first kappa shape index (κ1) is 69.0. The van der Waals surface area contributed by atoms with Crippen LogP contribution in [-0.2, 0) is 43.2 Å². The van der Waals surface area contributed by atoms with E-state index >= 15 is 0 Å². The molecule has 0 radical (unpaired) electrons. The Balaban J connectivity index is 6.65. The lowest BCUT2D eigenvalue weighted by Crippen LogP contribution is -2.61. The fourth-order valence-electron chi connectivity index (χ4n) is 6.84. The Morgan fingerprint density at radius 1 is 0.453 bits per heavy atom. The molecule has 0 aromatic heterocycles. The molecular weight excluding hydrogens is 1040 g/mol. The van der Waals surface area contributed by atoms with Gasteiger partial charge in [0.05, 0.1) is 6.04 Å². The molecule has 0 spiro atoms. The van der Waals surface area contributed by atoms with Crippen LogP contribution >= 0.6 is 37.9 Å². The van der Waals surface area contributed by atoms with Crippen LogP contribution in [-0.4, -0.2) is 167 Å². The van der Waals surface area contributed by atoms with Crippen molar-refractivity contribution in [2.24, 2.45) is 72.9 Å². The number of nitrogens with one attached hydrogen (secondary N) is 8. The van der Waals surface area contributed by atoms with Gasteiger partial charge < -0.3 is 87.8 Å². The Bertz CT molecular complexity index is 1970. The first-order chi connectivity index (χ1) is 35.1. The van der Waals surface area contributed by atoms with E-state index in [1.54, 1.807) is 41.5 Å². The van der Waals surface area contributed by atoms with Crippen molar-refractivity contribution in [3.05, 3.63) is 0 Å². The zero-order valence-electron chi connectivity index (χ0n) is 43.7. The highest BCUT2D eigenvalue weighted by molar-refractivity contribution is 7.80. The van der Waals surface area contributed by atoms with Crippen molar-refractivity contribution in [2.75, 3.05) is 36.9 Å². The summed E-state index contributed by atoms with van der Waals surface area (Å²) >= 11 is 12.5. The monoisotopic (exact) mass is 1120 g/mol. The van der Waals surface area contributed by atoms with Crippen molar-refractivity contribution in [3.63, 3.8) is 0 Å². The van der Waals surface area contributed by atoms with Crippen molar-refractivity contribution in [1.29, 1.82) is 0 Å². The highest BCUT2D eigenvalue weighted by Gasteiger charge is 2.36. The van der Waals surface area contributed by atoms with Crippen LogP contribution in [0.15, 0.2) is 15.0 Å². The summed E-state index contributed by atoms with van der Waals surface area (Å²) in [6.45, 7) is 10.6. The van der Waals surface area contributed by atoms with Crippen molar-refractivity contribution in [3.8, 4) is 0 Å². The molecule has 31 heteroatoms. The van der Waals surface area contributed by atoms with Gasteiger partial charge in [0.1, 0.15) is 48.3 Å². The minimum absolute atomic E-state index is 0.0369. The van der Waals surface area contributed by atoms with Gasteiger partial charge in [-0.25, -0.2) is 4.79 Å². The Kier molecular flexibility index (Phi) is 34.0. The molecule has 0 fully saturated rings. The number of amides is 8. The average Bonchev–Trinajstić information content (AvgIpc) is 3.33. The molecule has 0 aliphatic heterocycles. The Morgan fingerprint density at radius 2 is 0.787 bits per heavy atom. The molecule has 0 bridgehead atoms. The van der Waals surface area contributed by atoms with Crippen LogP contribution in [0.2, 0.25) is 0 Å². The molecule has 0 aromatic carbocycles. The Morgan fingerprint density at radius 3 is 1.19 bits per heavy atom. The third-order valence-electron chi connectivity index (χ3n) is 11.3. The van der Waals surface area contributed by atoms with Crippen LogP contribution in [0.5, 0.6) is 0 Å². The predicted octanol–water partition coefficient (Wildman–Crippen LogP) is -5.02. The summed E-state index contributed by atoms with van der Waals surface area (Å²) in [5.41, 5.74) is 38.7. The summed E-state index contributed by atoms with van der Waals surface area (Å²) in [5.74, 6) is -10.1. The number of carboxylic acid groups (broad SMARTS) is 1. The van der Waals surface area contributed by atoms with Crippen LogP contribution in [0.25, 0.3) is 0 Å². The smallest absolute Gasteiger partial charge is 0.327 e. The van der Waals surface area contributed by atoms with E-state index in [1.165, 1.54) is 0 Å². The van der Waals surface area contributed by atoms with Gasteiger partial charge in [0.15, 0.2) is 17.9 Å². The molecule has 0 rings (SSSR count). The molecular formula is C44H84N18O10S3. The normalized spacial score (nSPS) is 15.0. The van der Waals surface area contributed by atoms with Crippen molar-refractivity contribution in [2.45, 2.75) is 147 Å². The molecule has 0 aliphatic carbocycles. The van der Waals surface area contributed by atoms with E-state index in [-0.39, 0.29) is 99.2 Å². The van der Waals surface area contributed by atoms with Gasteiger partial charge in [-0.05, 0) is 62.7 Å². The number of hydrogen-bond donors (Lipinski definition) is 19. The van der Waals surface area contributed by atoms with Crippen LogP contribution in [0.3, 0.4) is 0 Å². The Hall–Kier alpha value is -5.95. The molecule has 428 valence electrons. The number of hydrogen-bond acceptors (Lipinski definition) is 16. The maximum Gasteiger partial charge on any atom is 0.327 e. The van der Waals surface area contributed by atoms with Crippen LogP contribution in [0.4, 0.5) is 0 Å². The number of nitrogens with zero attached hydrogens (tertiary/aromatic N) is 3. The topological polar surface area (TPSA) is 489 Å². The molecule has 75 heavy (non-hydrogen) atoms. The second kappa shape index (κ2) is 36.9. The Labute approximate surface area is 455 Å². The van der Waals surface area contributed by atoms with Crippen molar-refractivity contribution < 1.29 is 48.3 Å². The van der Waals surface area contributed by atoms with Crippen molar-refractivity contribution >= 4 is 109 Å². The number of carboxylic acids is 1. The maximum absolute atomic E-state index is 14.2. The quantitative estimate of drug-likeness (QED) is 0.0120. The number of carbonyl (C=O) groups is 9. The summed E-state index contributed by atoms with van der Waals surface area (Å²) in [6.07, 6.45) is 1.20. The fourth-order valence-corrected chi connectivity index (χ4v) is 7.60. The van der Waals surface area contributed by atoms with Gasteiger partial charge in [0.2, 0.25) is 47.3 Å². The zero-order chi connectivity index (χ0) is 57.5. The summed E-state index contributed by atoms with van der Waals surface area (Å²) in [4.78, 5) is 133. The first-order valence-corrected chi connectivity index (χ1v) is 26.4. The first-order valence-electron chi connectivity index (χ1n) is 24.5. The van der Waals surface area contributed by atoms with Crippen molar-refractivity contribution in [1.82, 2.24) is 42.5 Å². The largest absolute Gasteiger partial charge is 0.480 e. The second-order valence-corrected chi connectivity index (χ2v) is 19.5. The lowest BCUT2D eigenvalue weighted by Gasteiger charge is -2.29. The lowest BCUT2D eigenvalue weighted by molar-refractivity contribution is -0.142. The minimum Gasteiger partial charge on any atom is -0.480 e. The molecule has 0 aliphatic rings. The van der Waals surface area contributed by atoms with Gasteiger partial charge in [-0.15, -0.1) is 0 Å². The maximum atomic E-state index is 14.2. The van der Waals surface area contributed by atoms with Gasteiger partial charge in [-0.3, -0.25) is 53.3 Å². The molecule has 0 unspecified atom stereocenters. The van der Waals surface area contributed by atoms with E-state index in [9.17, 15) is 48.3 Å². The molecule has 23 N–H and O–H groups in total. The summed E-state index contributed by atoms with van der Waals surface area (Å²) < 4.78 is 0. The molecule has 8 amide bonds. The van der Waals surface area contributed by atoms with Gasteiger partial charge in [-0.1, -0.05) is 48.0 Å². The summed E-state index contributed by atoms with van der Waals surface area (Å²) in [6, 6.07) is -11.4. The lowest BCUT2D eigenvalue weighted by atomic mass is 9.97. The summed E-state index contributed by atoms with van der Waals surface area (Å²) in [5, 5.41) is 30.2. The van der Waals surface area contributed by atoms with Gasteiger partial charge in [0.25, 0.3) is 0 Å². The van der Waals surface area contributed by atoms with Crippen LogP contribution in [0, 0.1) is 17.8 Å². The highest BCUT2D eigenvalue weighted by atomic mass is 32.1. The van der Waals surface area contributed by atoms with Gasteiger partial charge in [0, 0.05) is 36.9 Å². The van der Waals surface area contributed by atoms with E-state index in [0.29, 0.717) is 12.8 Å². The average molecular weight is 1120 g/mol. The molecule has 0 saturated heterocycles. The number of aliphatic imine (C=N–C) groups is 3. The number of rotatable bonds is 37. The molecule has 28 nitrogen and oxygen atoms in total. The van der Waals surface area contributed by atoms with Crippen LogP contribution in [0.1, 0.15) is 92.9 Å². The van der Waals surface area contributed by atoms with Gasteiger partial charge in [-0.2, -0.15) is 37.9 Å². The second-order valence-electron chi connectivity index (χ2n) is 18.4. The number of carbonyl (C=O) groups excluding carboxylic acids is 8. The molecule has 10 atom stereocenters. The SMILES string of the molecule is CC[C@H](C)[C@H](NC(=O)[C@H](CS)NC(=O)[C@@H](N)CCCN=C(N)N)C(=O)N[C@@H](CS)C(=O)N[C@@H](CCCN=C(N)N)C(=O)N[C@@H](CC(C)C)C(=O)N[C@@H](CCCN=C(N)N)C(=O)N[C@H](C(=O)N[C@@H](CS)C(=O)O)C(C)C. The zero-order valence-corrected chi connectivity index (χ0v) is 46.4. The van der Waals surface area contributed by atoms with Gasteiger partial charge >= 0.3 is 5.97 Å². The van der Waals surface area contributed by atoms with E-state index in [0.717, 1.165) is 0 Å². The highest BCUT2D eigenvalue weighted by Crippen LogP contribution is 2.13. The van der Waals surface area contributed by atoms with Crippen LogP contribution < -0.4 is 82.7 Å². The molecule has 0 saturated carbocycles. The summed E-state index contributed by atoms with van der Waals surface area (Å²) in [7, 11) is 0.